The van der Waals surface area contributed by atoms with Crippen LogP contribution >= 0.6 is 0 Å². The molecule has 0 radical (unpaired) electrons. The van der Waals surface area contributed by atoms with Crippen molar-refractivity contribution in [2.45, 2.75) is 38.5 Å². The van der Waals surface area contributed by atoms with Gasteiger partial charge in [0.15, 0.2) is 0 Å². The molecule has 0 amide bonds. The first-order valence-corrected chi connectivity index (χ1v) is 11.2. The Kier molecular flexibility index (Phi) is 12.5. The first kappa shape index (κ1) is 31.2. The zero-order valence-corrected chi connectivity index (χ0v) is 20.5. The number of non-ortho nitro benzene ring substituents is 2. The van der Waals surface area contributed by atoms with Crippen molar-refractivity contribution in [3.05, 3.63) is 79.9 Å². The monoisotopic (exact) mass is 534 g/mol. The van der Waals surface area contributed by atoms with Crippen molar-refractivity contribution in [3.8, 4) is 0 Å². The summed E-state index contributed by atoms with van der Waals surface area (Å²) in [5, 5.41) is 38.4. The van der Waals surface area contributed by atoms with E-state index in [1.54, 1.807) is 13.8 Å². The Morgan fingerprint density at radius 2 is 1.16 bits per heavy atom. The molecule has 2 rings (SSSR count). The minimum Gasteiger partial charge on any atom is -0.481 e. The Bertz CT molecular complexity index is 1150. The molecule has 0 aliphatic rings. The van der Waals surface area contributed by atoms with E-state index in [-0.39, 0.29) is 36.6 Å². The Hall–Kier alpha value is -4.88. The van der Waals surface area contributed by atoms with Gasteiger partial charge in [0, 0.05) is 24.3 Å². The minimum atomic E-state index is -1.28. The SMILES string of the molecule is CCOC(=O)CC(C(=O)OCC)c1ccc([N+](=O)[O-])cc1.O=C(O)CC(C(=O)O)c1ccc([N+](=O)[O-])cc1. The van der Waals surface area contributed by atoms with Crippen LogP contribution in [-0.2, 0) is 28.7 Å². The summed E-state index contributed by atoms with van der Waals surface area (Å²) in [5.74, 6) is -5.62. The molecule has 2 atom stereocenters. The molecular weight excluding hydrogens is 508 g/mol. The van der Waals surface area contributed by atoms with Crippen molar-refractivity contribution in [3.63, 3.8) is 0 Å². The van der Waals surface area contributed by atoms with E-state index in [2.05, 4.69) is 0 Å². The number of aliphatic carboxylic acids is 2. The number of ether oxygens (including phenoxy) is 2. The fourth-order valence-electron chi connectivity index (χ4n) is 3.15. The summed E-state index contributed by atoms with van der Waals surface area (Å²) in [7, 11) is 0. The van der Waals surface area contributed by atoms with Gasteiger partial charge in [-0.1, -0.05) is 24.3 Å². The third-order valence-corrected chi connectivity index (χ3v) is 4.94. The van der Waals surface area contributed by atoms with Crippen molar-refractivity contribution in [2.75, 3.05) is 13.2 Å². The van der Waals surface area contributed by atoms with E-state index in [0.29, 0.717) is 5.56 Å². The first-order chi connectivity index (χ1) is 17.9. The topological polar surface area (TPSA) is 213 Å². The van der Waals surface area contributed by atoms with Gasteiger partial charge in [-0.15, -0.1) is 0 Å². The molecule has 0 heterocycles. The number of hydrogen-bond donors (Lipinski definition) is 2. The van der Waals surface area contributed by atoms with Crippen LogP contribution in [0.4, 0.5) is 11.4 Å². The van der Waals surface area contributed by atoms with Crippen LogP contribution in [0.2, 0.25) is 0 Å². The molecular formula is C24H26N2O12. The second-order valence-corrected chi connectivity index (χ2v) is 7.50. The number of nitro groups is 2. The Balaban J connectivity index is 0.000000389. The van der Waals surface area contributed by atoms with E-state index in [1.165, 1.54) is 36.4 Å². The molecule has 2 aromatic carbocycles. The highest BCUT2D eigenvalue weighted by Gasteiger charge is 2.26. The molecule has 204 valence electrons. The molecule has 0 aliphatic carbocycles. The average molecular weight is 534 g/mol. The largest absolute Gasteiger partial charge is 0.481 e. The van der Waals surface area contributed by atoms with Gasteiger partial charge < -0.3 is 19.7 Å². The van der Waals surface area contributed by atoms with Gasteiger partial charge >= 0.3 is 23.9 Å². The van der Waals surface area contributed by atoms with E-state index >= 15 is 0 Å². The van der Waals surface area contributed by atoms with Gasteiger partial charge in [0.05, 0.1) is 47.7 Å². The molecule has 0 fully saturated rings. The highest BCUT2D eigenvalue weighted by atomic mass is 16.6. The van der Waals surface area contributed by atoms with Gasteiger partial charge in [-0.05, 0) is 25.0 Å². The molecule has 14 heteroatoms. The smallest absolute Gasteiger partial charge is 0.313 e. The lowest BCUT2D eigenvalue weighted by molar-refractivity contribution is -0.385. The maximum Gasteiger partial charge on any atom is 0.313 e. The highest BCUT2D eigenvalue weighted by molar-refractivity contribution is 5.84. The number of carbonyl (C=O) groups excluding carboxylic acids is 2. The summed E-state index contributed by atoms with van der Waals surface area (Å²) in [6.07, 6.45) is -0.725. The fraction of sp³-hybridized carbons (Fsp3) is 0.333. The highest BCUT2D eigenvalue weighted by Crippen LogP contribution is 2.25. The van der Waals surface area contributed by atoms with E-state index in [4.69, 9.17) is 19.7 Å². The van der Waals surface area contributed by atoms with Gasteiger partial charge in [-0.3, -0.25) is 39.4 Å². The summed E-state index contributed by atoms with van der Waals surface area (Å²) in [4.78, 5) is 64.7. The summed E-state index contributed by atoms with van der Waals surface area (Å²) >= 11 is 0. The van der Waals surface area contributed by atoms with Crippen molar-refractivity contribution in [1.29, 1.82) is 0 Å². The van der Waals surface area contributed by atoms with Crippen molar-refractivity contribution in [1.82, 2.24) is 0 Å². The van der Waals surface area contributed by atoms with Crippen molar-refractivity contribution in [2.24, 2.45) is 0 Å². The second kappa shape index (κ2) is 15.3. The molecule has 0 aliphatic heterocycles. The average Bonchev–Trinajstić information content (AvgIpc) is 2.86. The van der Waals surface area contributed by atoms with Gasteiger partial charge in [-0.25, -0.2) is 0 Å². The second-order valence-electron chi connectivity index (χ2n) is 7.50. The van der Waals surface area contributed by atoms with Crippen LogP contribution in [0.3, 0.4) is 0 Å². The van der Waals surface area contributed by atoms with Gasteiger partial charge in [-0.2, -0.15) is 0 Å². The standard InChI is InChI=1S/C14H17NO6.C10H9NO6/c1-3-20-13(16)9-12(14(17)21-4-2)10-5-7-11(8-6-10)15(18)19;12-9(13)5-8(10(14)15)6-1-3-7(4-2-6)11(16)17/h5-8,12H,3-4,9H2,1-2H3;1-4,8H,5H2,(H,12,13)(H,14,15). The quantitative estimate of drug-likeness (QED) is 0.227. The Morgan fingerprint density at radius 3 is 1.50 bits per heavy atom. The number of carboxylic acid groups (broad SMARTS) is 2. The molecule has 0 aromatic heterocycles. The van der Waals surface area contributed by atoms with Crippen LogP contribution < -0.4 is 0 Å². The van der Waals surface area contributed by atoms with Crippen LogP contribution in [0.25, 0.3) is 0 Å². The van der Waals surface area contributed by atoms with Gasteiger partial charge in [0.1, 0.15) is 0 Å². The zero-order chi connectivity index (χ0) is 28.8. The molecule has 0 saturated carbocycles. The third kappa shape index (κ3) is 10.0. The van der Waals surface area contributed by atoms with E-state index < -0.39 is 52.0 Å². The lowest BCUT2D eigenvalue weighted by Crippen LogP contribution is -2.20. The number of nitrogens with zero attached hydrogens (tertiary/aromatic N) is 2. The van der Waals surface area contributed by atoms with Crippen LogP contribution in [0.15, 0.2) is 48.5 Å². The fourth-order valence-corrected chi connectivity index (χ4v) is 3.15. The van der Waals surface area contributed by atoms with E-state index in [0.717, 1.165) is 12.1 Å². The summed E-state index contributed by atoms with van der Waals surface area (Å²) in [6.45, 7) is 3.73. The predicted octanol–water partition coefficient (Wildman–Crippen LogP) is 3.43. The summed E-state index contributed by atoms with van der Waals surface area (Å²) < 4.78 is 9.76. The first-order valence-electron chi connectivity index (χ1n) is 11.2. The molecule has 2 aromatic rings. The number of hydrogen-bond acceptors (Lipinski definition) is 10. The molecule has 2 N–H and O–H groups in total. The molecule has 0 spiro atoms. The Labute approximate surface area is 216 Å². The van der Waals surface area contributed by atoms with Gasteiger partial charge in [0.2, 0.25) is 0 Å². The lowest BCUT2D eigenvalue weighted by atomic mass is 9.95. The molecule has 14 nitrogen and oxygen atoms in total. The summed E-state index contributed by atoms with van der Waals surface area (Å²) in [6, 6.07) is 10.2. The molecule has 38 heavy (non-hydrogen) atoms. The van der Waals surface area contributed by atoms with Gasteiger partial charge in [0.25, 0.3) is 11.4 Å². The molecule has 2 unspecified atom stereocenters. The van der Waals surface area contributed by atoms with E-state index in [9.17, 15) is 39.4 Å². The van der Waals surface area contributed by atoms with Crippen LogP contribution in [-0.4, -0.2) is 57.2 Å². The number of carbonyl (C=O) groups is 4. The third-order valence-electron chi connectivity index (χ3n) is 4.94. The lowest BCUT2D eigenvalue weighted by Gasteiger charge is -2.15. The number of rotatable bonds is 12. The number of esters is 2. The Morgan fingerprint density at radius 1 is 0.737 bits per heavy atom. The van der Waals surface area contributed by atoms with Crippen LogP contribution in [0.1, 0.15) is 49.7 Å². The summed E-state index contributed by atoms with van der Waals surface area (Å²) in [5.41, 5.74) is 0.448. The maximum atomic E-state index is 11.9. The maximum absolute atomic E-state index is 11.9. The van der Waals surface area contributed by atoms with E-state index in [1.807, 2.05) is 0 Å². The minimum absolute atomic E-state index is 0.0857. The number of benzene rings is 2. The van der Waals surface area contributed by atoms with Crippen LogP contribution in [0.5, 0.6) is 0 Å². The van der Waals surface area contributed by atoms with Crippen molar-refractivity contribution >= 4 is 35.3 Å². The van der Waals surface area contributed by atoms with Crippen molar-refractivity contribution < 1.29 is 48.7 Å². The predicted molar refractivity (Wildman–Crippen MR) is 129 cm³/mol. The van der Waals surface area contributed by atoms with Crippen LogP contribution in [0, 0.1) is 20.2 Å². The number of nitro benzene ring substituents is 2. The molecule has 0 saturated heterocycles. The normalized spacial score (nSPS) is 11.6. The number of carboxylic acids is 2. The zero-order valence-electron chi connectivity index (χ0n) is 20.5. The molecule has 0 bridgehead atoms.